The predicted molar refractivity (Wildman–Crippen MR) is 106 cm³/mol. The molecule has 0 saturated carbocycles. The fraction of sp³-hybridized carbons (Fsp3) is 0.111. The minimum atomic E-state index is -0.251. The molecule has 0 N–H and O–H groups in total. The average Bonchev–Trinajstić information content (AvgIpc) is 3.21. The van der Waals surface area contributed by atoms with Crippen LogP contribution in [0.2, 0.25) is 0 Å². The molecule has 0 aliphatic carbocycles. The Labute approximate surface area is 155 Å². The number of hydrogen-bond acceptors (Lipinski definition) is 6. The number of aryl methyl sites for hydroxylation is 1. The number of nitrogens with zero attached hydrogens (tertiary/aromatic N) is 2. The highest BCUT2D eigenvalue weighted by atomic mass is 32.2. The summed E-state index contributed by atoms with van der Waals surface area (Å²) in [5, 5.41) is 2.37. The van der Waals surface area contributed by atoms with Gasteiger partial charge in [0.15, 0.2) is 5.58 Å². The summed E-state index contributed by atoms with van der Waals surface area (Å²) >= 11 is 4.64. The van der Waals surface area contributed by atoms with Gasteiger partial charge in [0.2, 0.25) is 5.52 Å². The van der Waals surface area contributed by atoms with Crippen LogP contribution in [-0.4, -0.2) is 7.05 Å². The van der Waals surface area contributed by atoms with E-state index in [9.17, 15) is 4.79 Å². The SMILES string of the molecule is CN1C(=Cc2sc3ccccc3[n+]2C)Sc2cc3oc(=O)sc3cc21. The Morgan fingerprint density at radius 3 is 2.84 bits per heavy atom. The molecular formula is C18H13N2O2S3+. The molecule has 1 aliphatic rings. The third kappa shape index (κ3) is 2.34. The first-order valence-corrected chi connectivity index (χ1v) is 10.1. The van der Waals surface area contributed by atoms with Crippen LogP contribution in [0.3, 0.4) is 0 Å². The summed E-state index contributed by atoms with van der Waals surface area (Å²) < 4.78 is 9.65. The van der Waals surface area contributed by atoms with Crippen molar-refractivity contribution in [3.63, 3.8) is 0 Å². The predicted octanol–water partition coefficient (Wildman–Crippen LogP) is 4.43. The lowest BCUT2D eigenvalue weighted by Crippen LogP contribution is -2.29. The van der Waals surface area contributed by atoms with Gasteiger partial charge >= 0.3 is 4.94 Å². The fourth-order valence-corrected chi connectivity index (χ4v) is 5.95. The van der Waals surface area contributed by atoms with Gasteiger partial charge in [-0.3, -0.25) is 0 Å². The monoisotopic (exact) mass is 385 g/mol. The lowest BCUT2D eigenvalue weighted by Gasteiger charge is -2.12. The van der Waals surface area contributed by atoms with E-state index < -0.39 is 0 Å². The van der Waals surface area contributed by atoms with E-state index in [2.05, 4.69) is 53.9 Å². The Balaban J connectivity index is 1.61. The molecule has 0 unspecified atom stereocenters. The molecule has 0 radical (unpaired) electrons. The molecule has 7 heteroatoms. The number of fused-ring (bicyclic) bond motifs is 3. The van der Waals surface area contributed by atoms with Gasteiger partial charge in [-0.1, -0.05) is 46.6 Å². The molecule has 2 aromatic carbocycles. The van der Waals surface area contributed by atoms with Gasteiger partial charge in [-0.15, -0.1) is 0 Å². The summed E-state index contributed by atoms with van der Waals surface area (Å²) in [6.07, 6.45) is 2.22. The molecule has 0 atom stereocenters. The van der Waals surface area contributed by atoms with E-state index in [0.29, 0.717) is 5.58 Å². The first-order valence-electron chi connectivity index (χ1n) is 7.69. The van der Waals surface area contributed by atoms with Gasteiger partial charge in [0.1, 0.15) is 11.7 Å². The van der Waals surface area contributed by atoms with E-state index in [1.54, 1.807) is 23.1 Å². The van der Waals surface area contributed by atoms with Crippen LogP contribution >= 0.6 is 34.4 Å². The average molecular weight is 386 g/mol. The van der Waals surface area contributed by atoms with Gasteiger partial charge in [0.05, 0.1) is 21.5 Å². The van der Waals surface area contributed by atoms with E-state index in [1.165, 1.54) is 15.2 Å². The molecule has 4 aromatic rings. The second-order valence-corrected chi connectivity index (χ2v) is 8.93. The Bertz CT molecular complexity index is 1230. The molecule has 3 heterocycles. The third-order valence-corrected chi connectivity index (χ3v) is 7.44. The van der Waals surface area contributed by atoms with Gasteiger partial charge in [-0.05, 0) is 18.2 Å². The summed E-state index contributed by atoms with van der Waals surface area (Å²) in [6.45, 7) is 0. The number of aromatic nitrogens is 1. The number of thiazole rings is 1. The molecular weight excluding hydrogens is 372 g/mol. The van der Waals surface area contributed by atoms with Gasteiger partial charge < -0.3 is 9.32 Å². The maximum absolute atomic E-state index is 11.4. The zero-order chi connectivity index (χ0) is 17.1. The third-order valence-electron chi connectivity index (χ3n) is 4.34. The molecule has 5 rings (SSSR count). The Hall–Kier alpha value is -2.09. The van der Waals surface area contributed by atoms with Gasteiger partial charge in [-0.25, -0.2) is 4.79 Å². The molecule has 2 aromatic heterocycles. The number of benzene rings is 2. The van der Waals surface area contributed by atoms with Crippen LogP contribution in [0.5, 0.6) is 0 Å². The molecule has 4 nitrogen and oxygen atoms in total. The van der Waals surface area contributed by atoms with Crippen molar-refractivity contribution in [1.29, 1.82) is 0 Å². The highest BCUT2D eigenvalue weighted by Gasteiger charge is 2.26. The number of anilines is 1. The Morgan fingerprint density at radius 2 is 2.00 bits per heavy atom. The minimum absolute atomic E-state index is 0.251. The van der Waals surface area contributed by atoms with Crippen LogP contribution in [-0.2, 0) is 7.05 Å². The number of thioether (sulfide) groups is 1. The summed E-state index contributed by atoms with van der Waals surface area (Å²) in [6, 6.07) is 12.4. The van der Waals surface area contributed by atoms with Crippen molar-refractivity contribution in [1.82, 2.24) is 0 Å². The van der Waals surface area contributed by atoms with E-state index >= 15 is 0 Å². The zero-order valence-corrected chi connectivity index (χ0v) is 15.9. The number of hydrogen-bond donors (Lipinski definition) is 0. The van der Waals surface area contributed by atoms with Crippen molar-refractivity contribution in [3.8, 4) is 0 Å². The highest BCUT2D eigenvalue weighted by molar-refractivity contribution is 8.04. The van der Waals surface area contributed by atoms with Crippen LogP contribution in [0.4, 0.5) is 5.69 Å². The summed E-state index contributed by atoms with van der Waals surface area (Å²) in [4.78, 5) is 14.5. The van der Waals surface area contributed by atoms with Crippen molar-refractivity contribution in [3.05, 3.63) is 56.2 Å². The van der Waals surface area contributed by atoms with Gasteiger partial charge in [-0.2, -0.15) is 4.57 Å². The van der Waals surface area contributed by atoms with E-state index in [-0.39, 0.29) is 4.94 Å². The van der Waals surface area contributed by atoms with Crippen LogP contribution in [0.1, 0.15) is 5.01 Å². The van der Waals surface area contributed by atoms with Crippen molar-refractivity contribution in [2.24, 2.45) is 7.05 Å². The van der Waals surface area contributed by atoms with Crippen LogP contribution in [0.25, 0.3) is 26.6 Å². The Morgan fingerprint density at radius 1 is 1.16 bits per heavy atom. The highest BCUT2D eigenvalue weighted by Crippen LogP contribution is 2.47. The van der Waals surface area contributed by atoms with Crippen molar-refractivity contribution < 1.29 is 8.98 Å². The molecule has 0 fully saturated rings. The standard InChI is InChI=1S/C18H13N2O2S3/c1-19-10-5-3-4-6-13(10)23-16(19)9-17-20(2)11-7-15-12(8-14(11)24-17)22-18(21)25-15/h3-9H,1-2H3/q+1. The maximum Gasteiger partial charge on any atom is 0.396 e. The first-order chi connectivity index (χ1) is 12.1. The zero-order valence-electron chi connectivity index (χ0n) is 13.5. The molecule has 0 spiro atoms. The van der Waals surface area contributed by atoms with Crippen molar-refractivity contribution in [2.75, 3.05) is 11.9 Å². The Kier molecular flexibility index (Phi) is 3.31. The van der Waals surface area contributed by atoms with Crippen molar-refractivity contribution in [2.45, 2.75) is 4.90 Å². The molecule has 0 saturated heterocycles. The van der Waals surface area contributed by atoms with Crippen LogP contribution in [0.15, 0.2) is 55.5 Å². The lowest BCUT2D eigenvalue weighted by molar-refractivity contribution is -0.642. The van der Waals surface area contributed by atoms with E-state index in [4.69, 9.17) is 4.42 Å². The second kappa shape index (κ2) is 5.45. The molecule has 0 amide bonds. The second-order valence-electron chi connectivity index (χ2n) is 5.83. The smallest absolute Gasteiger partial charge is 0.396 e. The van der Waals surface area contributed by atoms with E-state index in [1.807, 2.05) is 12.1 Å². The summed E-state index contributed by atoms with van der Waals surface area (Å²) in [5.41, 5.74) is 3.03. The van der Waals surface area contributed by atoms with Crippen molar-refractivity contribution >= 4 is 66.7 Å². The summed E-state index contributed by atoms with van der Waals surface area (Å²) in [7, 11) is 4.16. The normalized spacial score (nSPS) is 15.6. The number of rotatable bonds is 1. The number of para-hydroxylation sites is 1. The van der Waals surface area contributed by atoms with Crippen LogP contribution in [0, 0.1) is 0 Å². The first kappa shape index (κ1) is 15.2. The van der Waals surface area contributed by atoms with E-state index in [0.717, 1.165) is 31.6 Å². The topological polar surface area (TPSA) is 37.3 Å². The van der Waals surface area contributed by atoms with Gasteiger partial charge in [0.25, 0.3) is 5.01 Å². The fourth-order valence-electron chi connectivity index (χ4n) is 3.01. The quantitative estimate of drug-likeness (QED) is 0.454. The molecule has 124 valence electrons. The molecule has 25 heavy (non-hydrogen) atoms. The lowest BCUT2D eigenvalue weighted by atomic mass is 10.3. The van der Waals surface area contributed by atoms with Crippen LogP contribution < -0.4 is 14.4 Å². The largest absolute Gasteiger partial charge is 0.414 e. The minimum Gasteiger partial charge on any atom is -0.414 e. The van der Waals surface area contributed by atoms with Gasteiger partial charge in [0, 0.05) is 18.0 Å². The molecule has 0 bridgehead atoms. The molecule has 1 aliphatic heterocycles. The maximum atomic E-state index is 11.4. The summed E-state index contributed by atoms with van der Waals surface area (Å²) in [5.74, 6) is 0.